The van der Waals surface area contributed by atoms with Crippen LogP contribution >= 0.6 is 0 Å². The monoisotopic (exact) mass is 482 g/mol. The zero-order valence-electron chi connectivity index (χ0n) is 18.6. The van der Waals surface area contributed by atoms with E-state index in [-0.39, 0.29) is 16.1 Å². The molecule has 0 radical (unpaired) electrons. The summed E-state index contributed by atoms with van der Waals surface area (Å²) in [6, 6.07) is 2.18. The molecule has 3 rings (SSSR count). The quantitative estimate of drug-likeness (QED) is 0.444. The Hall–Kier alpha value is -3.19. The molecule has 180 valence electrons. The highest BCUT2D eigenvalue weighted by Crippen LogP contribution is 2.28. The van der Waals surface area contributed by atoms with Gasteiger partial charge in [-0.1, -0.05) is 0 Å². The minimum atomic E-state index is -4.00. The number of hydrazine groups is 1. The van der Waals surface area contributed by atoms with E-state index in [4.69, 9.17) is 9.47 Å². The molecule has 2 aliphatic heterocycles. The van der Waals surface area contributed by atoms with E-state index < -0.39 is 56.6 Å². The summed E-state index contributed by atoms with van der Waals surface area (Å²) in [4.78, 5) is 48.9. The van der Waals surface area contributed by atoms with Crippen LogP contribution in [-0.4, -0.2) is 61.8 Å². The minimum absolute atomic E-state index is 0.0113. The smallest absolute Gasteiger partial charge is 0.408 e. The number of amides is 4. The van der Waals surface area contributed by atoms with E-state index in [0.717, 1.165) is 0 Å². The molecule has 4 N–H and O–H groups in total. The molecule has 0 spiro atoms. The van der Waals surface area contributed by atoms with E-state index >= 15 is 0 Å². The van der Waals surface area contributed by atoms with Crippen molar-refractivity contribution < 1.29 is 37.1 Å². The minimum Gasteiger partial charge on any atom is -0.444 e. The standard InChI is InChI=1S/C20H26N4O8S/c1-19(2,3)32-18(28)22-13-10-33(29,30)14-6-5-11(9-12(14)21-16(13)26)15(25)23-24-17(27)20(4)7-8-31-20/h5-6,9,13H,7-8,10H2,1-4H3,(H,21,26)(H,22,28)(H,23,25)(H,24,27)/t13-,20?/m0/s1. The summed E-state index contributed by atoms with van der Waals surface area (Å²) in [6.45, 7) is 6.91. The second kappa shape index (κ2) is 8.63. The number of ether oxygens (including phenoxy) is 2. The Morgan fingerprint density at radius 2 is 1.88 bits per heavy atom. The van der Waals surface area contributed by atoms with Crippen molar-refractivity contribution in [3.8, 4) is 0 Å². The first kappa shape index (κ1) is 24.5. The third kappa shape index (κ3) is 5.60. The second-order valence-corrected chi connectivity index (χ2v) is 10.9. The van der Waals surface area contributed by atoms with Crippen LogP contribution in [-0.2, 0) is 28.9 Å². The molecular formula is C20H26N4O8S. The van der Waals surface area contributed by atoms with Crippen molar-refractivity contribution in [1.29, 1.82) is 0 Å². The van der Waals surface area contributed by atoms with Crippen molar-refractivity contribution in [2.75, 3.05) is 17.7 Å². The number of fused-ring (bicyclic) bond motifs is 1. The van der Waals surface area contributed by atoms with Gasteiger partial charge in [-0.15, -0.1) is 0 Å². The number of anilines is 1. The first-order valence-electron chi connectivity index (χ1n) is 10.1. The normalized spacial score (nSPS) is 23.6. The molecule has 1 aromatic carbocycles. The molecule has 33 heavy (non-hydrogen) atoms. The molecule has 12 nitrogen and oxygen atoms in total. The van der Waals surface area contributed by atoms with E-state index in [0.29, 0.717) is 13.0 Å². The maximum Gasteiger partial charge on any atom is 0.408 e. The Labute approximate surface area is 190 Å². The topological polar surface area (TPSA) is 169 Å². The van der Waals surface area contributed by atoms with Crippen LogP contribution in [0.1, 0.15) is 44.5 Å². The summed E-state index contributed by atoms with van der Waals surface area (Å²) in [5, 5.41) is 4.68. The van der Waals surface area contributed by atoms with Crippen LogP contribution in [0.4, 0.5) is 10.5 Å². The summed E-state index contributed by atoms with van der Waals surface area (Å²) < 4.78 is 35.9. The number of hydrogen-bond donors (Lipinski definition) is 4. The Kier molecular flexibility index (Phi) is 6.40. The van der Waals surface area contributed by atoms with Gasteiger partial charge in [0.05, 0.1) is 22.9 Å². The lowest BCUT2D eigenvalue weighted by atomic mass is 9.97. The zero-order chi connectivity index (χ0) is 24.6. The maximum absolute atomic E-state index is 12.8. The molecule has 0 aliphatic carbocycles. The third-order valence-electron chi connectivity index (χ3n) is 5.00. The van der Waals surface area contributed by atoms with Gasteiger partial charge in [0, 0.05) is 12.0 Å². The van der Waals surface area contributed by atoms with E-state index in [2.05, 4.69) is 21.5 Å². The van der Waals surface area contributed by atoms with Crippen molar-refractivity contribution in [1.82, 2.24) is 16.2 Å². The van der Waals surface area contributed by atoms with Crippen molar-refractivity contribution in [3.63, 3.8) is 0 Å². The van der Waals surface area contributed by atoms with E-state index in [9.17, 15) is 27.6 Å². The van der Waals surface area contributed by atoms with E-state index in [1.807, 2.05) is 0 Å². The molecule has 0 aromatic heterocycles. The van der Waals surface area contributed by atoms with Gasteiger partial charge in [-0.2, -0.15) is 0 Å². The third-order valence-corrected chi connectivity index (χ3v) is 6.80. The van der Waals surface area contributed by atoms with Crippen molar-refractivity contribution in [2.24, 2.45) is 0 Å². The van der Waals surface area contributed by atoms with Gasteiger partial charge < -0.3 is 20.1 Å². The molecule has 2 atom stereocenters. The number of nitrogens with one attached hydrogen (secondary N) is 4. The highest BCUT2D eigenvalue weighted by molar-refractivity contribution is 7.91. The van der Waals surface area contributed by atoms with Crippen LogP contribution in [0.15, 0.2) is 23.1 Å². The summed E-state index contributed by atoms with van der Waals surface area (Å²) in [5.41, 5.74) is 2.50. The van der Waals surface area contributed by atoms with Crippen LogP contribution in [0.3, 0.4) is 0 Å². The Morgan fingerprint density at radius 1 is 1.21 bits per heavy atom. The Morgan fingerprint density at radius 3 is 2.45 bits per heavy atom. The van der Waals surface area contributed by atoms with Crippen molar-refractivity contribution in [2.45, 2.75) is 56.3 Å². The number of carbonyl (C=O) groups is 4. The number of sulfone groups is 1. The summed E-state index contributed by atoms with van der Waals surface area (Å²) in [5.74, 6) is -2.73. The molecule has 2 heterocycles. The fourth-order valence-corrected chi connectivity index (χ4v) is 4.68. The summed E-state index contributed by atoms with van der Waals surface area (Å²) >= 11 is 0. The van der Waals surface area contributed by atoms with Crippen LogP contribution in [0, 0.1) is 0 Å². The van der Waals surface area contributed by atoms with E-state index in [1.165, 1.54) is 18.2 Å². The number of benzene rings is 1. The maximum atomic E-state index is 12.8. The Balaban J connectivity index is 1.74. The molecule has 2 aliphatic rings. The predicted molar refractivity (Wildman–Crippen MR) is 115 cm³/mol. The van der Waals surface area contributed by atoms with Crippen LogP contribution in [0.2, 0.25) is 0 Å². The highest BCUT2D eigenvalue weighted by Gasteiger charge is 2.41. The van der Waals surface area contributed by atoms with Crippen molar-refractivity contribution >= 4 is 39.3 Å². The fourth-order valence-electron chi connectivity index (χ4n) is 3.11. The van der Waals surface area contributed by atoms with Crippen LogP contribution < -0.4 is 21.5 Å². The Bertz CT molecular complexity index is 1110. The highest BCUT2D eigenvalue weighted by atomic mass is 32.2. The lowest BCUT2D eigenvalue weighted by Gasteiger charge is -2.36. The number of alkyl carbamates (subject to hydrolysis) is 1. The first-order chi connectivity index (χ1) is 15.2. The summed E-state index contributed by atoms with van der Waals surface area (Å²) in [6.07, 6.45) is -0.431. The molecule has 4 amide bonds. The molecule has 1 aromatic rings. The molecule has 0 saturated carbocycles. The number of hydrogen-bond acceptors (Lipinski definition) is 8. The second-order valence-electron chi connectivity index (χ2n) is 8.92. The number of rotatable bonds is 3. The van der Waals surface area contributed by atoms with Gasteiger partial charge in [0.1, 0.15) is 17.2 Å². The lowest BCUT2D eigenvalue weighted by molar-refractivity contribution is -0.171. The molecule has 13 heteroatoms. The molecular weight excluding hydrogens is 456 g/mol. The van der Waals surface area contributed by atoms with Gasteiger partial charge in [0.2, 0.25) is 5.91 Å². The van der Waals surface area contributed by atoms with Crippen LogP contribution in [0.5, 0.6) is 0 Å². The van der Waals surface area contributed by atoms with Gasteiger partial charge in [-0.3, -0.25) is 25.2 Å². The SMILES string of the molecule is CC(C)(C)OC(=O)N[C@H]1CS(=O)(=O)c2ccc(C(=O)NNC(=O)C3(C)CCO3)cc2NC1=O. The van der Waals surface area contributed by atoms with E-state index in [1.54, 1.807) is 27.7 Å². The molecule has 1 fully saturated rings. The molecule has 1 unspecified atom stereocenters. The lowest BCUT2D eigenvalue weighted by Crippen LogP contribution is -2.57. The fraction of sp³-hybridized carbons (Fsp3) is 0.500. The van der Waals surface area contributed by atoms with Gasteiger partial charge in [-0.25, -0.2) is 13.2 Å². The average molecular weight is 483 g/mol. The van der Waals surface area contributed by atoms with Gasteiger partial charge in [0.25, 0.3) is 11.8 Å². The van der Waals surface area contributed by atoms with Gasteiger partial charge in [-0.05, 0) is 45.9 Å². The summed E-state index contributed by atoms with van der Waals surface area (Å²) in [7, 11) is -4.00. The zero-order valence-corrected chi connectivity index (χ0v) is 19.4. The predicted octanol–water partition coefficient (Wildman–Crippen LogP) is 0.246. The number of carbonyl (C=O) groups excluding carboxylic acids is 4. The first-order valence-corrected chi connectivity index (χ1v) is 11.8. The van der Waals surface area contributed by atoms with Crippen LogP contribution in [0.25, 0.3) is 0 Å². The largest absolute Gasteiger partial charge is 0.444 e. The van der Waals surface area contributed by atoms with Crippen molar-refractivity contribution in [3.05, 3.63) is 23.8 Å². The molecule has 0 bridgehead atoms. The van der Waals surface area contributed by atoms with Gasteiger partial charge in [0.15, 0.2) is 9.84 Å². The average Bonchev–Trinajstić information content (AvgIpc) is 2.75. The van der Waals surface area contributed by atoms with Gasteiger partial charge >= 0.3 is 6.09 Å². The molecule has 1 saturated heterocycles.